The van der Waals surface area contributed by atoms with Crippen LogP contribution in [0.3, 0.4) is 0 Å². The average molecular weight is 332 g/mol. The maximum Gasteiger partial charge on any atom is 0.410 e. The number of β-amino-alcohol motifs (C(OH)–C–C–N with tert-alkyl or cyclic N) is 1. The van der Waals surface area contributed by atoms with Gasteiger partial charge in [0.1, 0.15) is 11.2 Å². The summed E-state index contributed by atoms with van der Waals surface area (Å²) in [6, 6.07) is 5.17. The molecule has 0 unspecified atom stereocenters. The van der Waals surface area contributed by atoms with Crippen LogP contribution in [-0.2, 0) is 11.2 Å². The summed E-state index contributed by atoms with van der Waals surface area (Å²) in [7, 11) is 0. The summed E-state index contributed by atoms with van der Waals surface area (Å²) in [5.41, 5.74) is -0.689. The molecular weight excluding hydrogens is 313 g/mol. The van der Waals surface area contributed by atoms with Crippen LogP contribution in [-0.4, -0.2) is 40.4 Å². The Labute approximate surface area is 134 Å². The van der Waals surface area contributed by atoms with E-state index < -0.39 is 17.3 Å². The normalized spacial score (nSPS) is 17.3. The molecule has 0 atom stereocenters. The van der Waals surface area contributed by atoms with Crippen molar-refractivity contribution in [3.8, 4) is 0 Å². The van der Waals surface area contributed by atoms with Gasteiger partial charge in [-0.05, 0) is 38.5 Å². The van der Waals surface area contributed by atoms with Crippen molar-refractivity contribution in [3.05, 3.63) is 33.8 Å². The van der Waals surface area contributed by atoms with Gasteiger partial charge in [-0.3, -0.25) is 0 Å². The number of carbonyl (C=O) groups is 1. The molecular formula is C15H19Cl2NO3. The second kappa shape index (κ2) is 5.67. The summed E-state index contributed by atoms with van der Waals surface area (Å²) in [5.74, 6) is 0. The van der Waals surface area contributed by atoms with E-state index in [9.17, 15) is 9.90 Å². The quantitative estimate of drug-likeness (QED) is 0.901. The molecule has 116 valence electrons. The molecule has 1 aliphatic heterocycles. The van der Waals surface area contributed by atoms with Gasteiger partial charge in [0.15, 0.2) is 0 Å². The SMILES string of the molecule is CC(C)(C)OC(=O)N1CC(O)(Cc2ccc(Cl)cc2Cl)C1. The van der Waals surface area contributed by atoms with Crippen LogP contribution in [0.25, 0.3) is 0 Å². The van der Waals surface area contributed by atoms with Gasteiger partial charge < -0.3 is 14.7 Å². The Kier molecular flexibility index (Phi) is 4.43. The zero-order valence-corrected chi connectivity index (χ0v) is 13.8. The summed E-state index contributed by atoms with van der Waals surface area (Å²) in [4.78, 5) is 13.3. The van der Waals surface area contributed by atoms with Gasteiger partial charge in [-0.1, -0.05) is 29.3 Å². The lowest BCUT2D eigenvalue weighted by Gasteiger charge is -2.46. The van der Waals surface area contributed by atoms with E-state index in [0.717, 1.165) is 5.56 Å². The number of carbonyl (C=O) groups excluding carboxylic acids is 1. The van der Waals surface area contributed by atoms with Crippen LogP contribution in [0.15, 0.2) is 18.2 Å². The molecule has 21 heavy (non-hydrogen) atoms. The molecule has 1 amide bonds. The number of rotatable bonds is 2. The zero-order valence-electron chi connectivity index (χ0n) is 12.3. The van der Waals surface area contributed by atoms with Gasteiger partial charge in [-0.15, -0.1) is 0 Å². The monoisotopic (exact) mass is 331 g/mol. The Morgan fingerprint density at radius 3 is 2.52 bits per heavy atom. The number of halogens is 2. The molecule has 1 aliphatic rings. The average Bonchev–Trinajstić information content (AvgIpc) is 2.27. The molecule has 4 nitrogen and oxygen atoms in total. The fraction of sp³-hybridized carbons (Fsp3) is 0.533. The van der Waals surface area contributed by atoms with E-state index in [4.69, 9.17) is 27.9 Å². The first-order valence-corrected chi connectivity index (χ1v) is 7.48. The van der Waals surface area contributed by atoms with Crippen molar-refractivity contribution in [2.75, 3.05) is 13.1 Å². The highest BCUT2D eigenvalue weighted by Gasteiger charge is 2.45. The molecule has 0 aromatic heterocycles. The molecule has 0 bridgehead atoms. The molecule has 0 spiro atoms. The highest BCUT2D eigenvalue weighted by atomic mass is 35.5. The molecule has 6 heteroatoms. The van der Waals surface area contributed by atoms with E-state index in [2.05, 4.69) is 0 Å². The van der Waals surface area contributed by atoms with Crippen LogP contribution in [0.5, 0.6) is 0 Å². The molecule has 1 N–H and O–H groups in total. The Balaban J connectivity index is 1.94. The Bertz CT molecular complexity index is 548. The predicted octanol–water partition coefficient (Wildman–Crippen LogP) is 3.52. The second-order valence-corrected chi connectivity index (χ2v) is 7.32. The summed E-state index contributed by atoms with van der Waals surface area (Å²) < 4.78 is 5.26. The Morgan fingerprint density at radius 2 is 2.00 bits per heavy atom. The van der Waals surface area contributed by atoms with Gasteiger partial charge in [-0.25, -0.2) is 4.79 Å². The fourth-order valence-electron chi connectivity index (χ4n) is 2.25. The Morgan fingerprint density at radius 1 is 1.38 bits per heavy atom. The molecule has 1 fully saturated rings. The number of benzene rings is 1. The summed E-state index contributed by atoms with van der Waals surface area (Å²) in [5, 5.41) is 11.5. The summed E-state index contributed by atoms with van der Waals surface area (Å²) >= 11 is 11.9. The number of ether oxygens (including phenoxy) is 1. The van der Waals surface area contributed by atoms with Crippen molar-refractivity contribution in [2.24, 2.45) is 0 Å². The van der Waals surface area contributed by atoms with Gasteiger partial charge in [0, 0.05) is 16.5 Å². The van der Waals surface area contributed by atoms with Crippen LogP contribution in [0, 0.1) is 0 Å². The largest absolute Gasteiger partial charge is 0.444 e. The number of hydrogen-bond acceptors (Lipinski definition) is 3. The third-order valence-electron chi connectivity index (χ3n) is 3.16. The lowest BCUT2D eigenvalue weighted by atomic mass is 9.87. The Hall–Kier alpha value is -0.970. The fourth-order valence-corrected chi connectivity index (χ4v) is 2.73. The summed E-state index contributed by atoms with van der Waals surface area (Å²) in [6.45, 7) is 5.90. The predicted molar refractivity (Wildman–Crippen MR) is 82.9 cm³/mol. The van der Waals surface area contributed by atoms with Gasteiger partial charge in [0.2, 0.25) is 0 Å². The van der Waals surface area contributed by atoms with Crippen molar-refractivity contribution < 1.29 is 14.6 Å². The topological polar surface area (TPSA) is 49.8 Å². The molecule has 0 radical (unpaired) electrons. The van der Waals surface area contributed by atoms with E-state index in [1.54, 1.807) is 18.2 Å². The van der Waals surface area contributed by atoms with Gasteiger partial charge in [-0.2, -0.15) is 0 Å². The van der Waals surface area contributed by atoms with Crippen molar-refractivity contribution in [1.29, 1.82) is 0 Å². The number of amides is 1. The van der Waals surface area contributed by atoms with E-state index >= 15 is 0 Å². The molecule has 1 saturated heterocycles. The molecule has 1 aromatic carbocycles. The second-order valence-electron chi connectivity index (χ2n) is 6.47. The maximum absolute atomic E-state index is 11.8. The first-order chi connectivity index (χ1) is 9.58. The molecule has 2 rings (SSSR count). The highest BCUT2D eigenvalue weighted by Crippen LogP contribution is 2.30. The number of nitrogens with zero attached hydrogens (tertiary/aromatic N) is 1. The van der Waals surface area contributed by atoms with E-state index in [-0.39, 0.29) is 13.1 Å². The summed E-state index contributed by atoms with van der Waals surface area (Å²) in [6.07, 6.45) is -0.0307. The molecule has 0 saturated carbocycles. The van der Waals surface area contributed by atoms with Crippen molar-refractivity contribution in [2.45, 2.75) is 38.4 Å². The molecule has 1 aromatic rings. The lowest BCUT2D eigenvalue weighted by Crippen LogP contribution is -2.65. The van der Waals surface area contributed by atoms with Gasteiger partial charge >= 0.3 is 6.09 Å². The van der Waals surface area contributed by atoms with E-state index in [1.165, 1.54) is 4.90 Å². The maximum atomic E-state index is 11.8. The van der Waals surface area contributed by atoms with Crippen LogP contribution >= 0.6 is 23.2 Å². The van der Waals surface area contributed by atoms with Crippen molar-refractivity contribution in [3.63, 3.8) is 0 Å². The minimum atomic E-state index is -0.964. The zero-order chi connectivity index (χ0) is 15.8. The lowest BCUT2D eigenvalue weighted by molar-refractivity contribution is -0.0973. The third-order valence-corrected chi connectivity index (χ3v) is 3.74. The van der Waals surface area contributed by atoms with E-state index in [1.807, 2.05) is 20.8 Å². The smallest absolute Gasteiger partial charge is 0.410 e. The molecule has 0 aliphatic carbocycles. The number of aliphatic hydroxyl groups is 1. The number of hydrogen-bond donors (Lipinski definition) is 1. The van der Waals surface area contributed by atoms with Crippen LogP contribution in [0.4, 0.5) is 4.79 Å². The minimum Gasteiger partial charge on any atom is -0.444 e. The molecule has 1 heterocycles. The van der Waals surface area contributed by atoms with Gasteiger partial charge in [0.05, 0.1) is 13.1 Å². The number of likely N-dealkylation sites (tertiary alicyclic amines) is 1. The van der Waals surface area contributed by atoms with Crippen LogP contribution in [0.1, 0.15) is 26.3 Å². The first-order valence-electron chi connectivity index (χ1n) is 6.72. The van der Waals surface area contributed by atoms with Crippen LogP contribution < -0.4 is 0 Å². The standard InChI is InChI=1S/C15H19Cl2NO3/c1-14(2,3)21-13(19)18-8-15(20,9-18)7-10-4-5-11(16)6-12(10)17/h4-6,20H,7-9H2,1-3H3. The third kappa shape index (κ3) is 4.25. The minimum absolute atomic E-state index is 0.237. The van der Waals surface area contributed by atoms with Crippen LogP contribution in [0.2, 0.25) is 10.0 Å². The first kappa shape index (κ1) is 16.4. The van der Waals surface area contributed by atoms with Crippen molar-refractivity contribution in [1.82, 2.24) is 4.90 Å². The van der Waals surface area contributed by atoms with E-state index in [0.29, 0.717) is 16.5 Å². The highest BCUT2D eigenvalue weighted by molar-refractivity contribution is 6.35. The van der Waals surface area contributed by atoms with Crippen molar-refractivity contribution >= 4 is 29.3 Å². The van der Waals surface area contributed by atoms with Gasteiger partial charge in [0.25, 0.3) is 0 Å².